The lowest BCUT2D eigenvalue weighted by Gasteiger charge is -2.60. The van der Waals surface area contributed by atoms with Gasteiger partial charge in [0.15, 0.2) is 0 Å². The molecule has 0 aromatic heterocycles. The largest absolute Gasteiger partial charge is 0.377 e. The molecule has 1 heterocycles. The Bertz CT molecular complexity index is 447. The van der Waals surface area contributed by atoms with Crippen LogP contribution in [0.1, 0.15) is 33.1 Å². The highest BCUT2D eigenvalue weighted by Crippen LogP contribution is 2.58. The van der Waals surface area contributed by atoms with Crippen molar-refractivity contribution >= 4 is 11.8 Å². The van der Waals surface area contributed by atoms with Crippen molar-refractivity contribution in [1.29, 1.82) is 0 Å². The second-order valence-corrected chi connectivity index (χ2v) is 6.80. The van der Waals surface area contributed by atoms with E-state index in [1.54, 1.807) is 0 Å². The molecular formula is C14H23N3O3. The van der Waals surface area contributed by atoms with Crippen LogP contribution in [0.5, 0.6) is 0 Å². The first-order chi connectivity index (χ1) is 9.37. The number of nitrogens with two attached hydrogens (primary N) is 1. The van der Waals surface area contributed by atoms with Gasteiger partial charge in [0.1, 0.15) is 5.54 Å². The predicted molar refractivity (Wildman–Crippen MR) is 72.7 cm³/mol. The minimum Gasteiger partial charge on any atom is -0.377 e. The molecule has 4 N–H and O–H groups in total. The van der Waals surface area contributed by atoms with Crippen LogP contribution >= 0.6 is 0 Å². The molecule has 112 valence electrons. The molecular weight excluding hydrogens is 258 g/mol. The summed E-state index contributed by atoms with van der Waals surface area (Å²) in [6.07, 6.45) is 2.94. The maximum atomic E-state index is 12.4. The second kappa shape index (κ2) is 4.43. The standard InChI is InChI=1S/C14H23N3O3/c1-13(2)11-9(5-6-20-11)14(13,15)12(19)16-7-10(18)17-8-3-4-8/h8-9,11H,3-7,15H2,1-2H3,(H,16,19)(H,17,18). The smallest absolute Gasteiger partial charge is 0.241 e. The molecule has 2 amide bonds. The topological polar surface area (TPSA) is 93.4 Å². The highest BCUT2D eigenvalue weighted by atomic mass is 16.5. The van der Waals surface area contributed by atoms with Gasteiger partial charge in [-0.1, -0.05) is 13.8 Å². The summed E-state index contributed by atoms with van der Waals surface area (Å²) in [5, 5.41) is 5.54. The van der Waals surface area contributed by atoms with Crippen molar-refractivity contribution in [3.8, 4) is 0 Å². The molecule has 0 aromatic rings. The van der Waals surface area contributed by atoms with Gasteiger partial charge in [0, 0.05) is 24.0 Å². The zero-order valence-electron chi connectivity index (χ0n) is 12.1. The van der Waals surface area contributed by atoms with Gasteiger partial charge in [0.05, 0.1) is 12.6 Å². The first-order valence-corrected chi connectivity index (χ1v) is 7.35. The second-order valence-electron chi connectivity index (χ2n) is 6.80. The van der Waals surface area contributed by atoms with Crippen LogP contribution in [-0.2, 0) is 14.3 Å². The fourth-order valence-electron chi connectivity index (χ4n) is 3.66. The lowest BCUT2D eigenvalue weighted by atomic mass is 9.48. The summed E-state index contributed by atoms with van der Waals surface area (Å²) in [6, 6.07) is 0.305. The highest BCUT2D eigenvalue weighted by Gasteiger charge is 2.71. The Labute approximate surface area is 118 Å². The molecule has 2 saturated carbocycles. The number of nitrogens with one attached hydrogen (secondary N) is 2. The van der Waals surface area contributed by atoms with Gasteiger partial charge in [-0.25, -0.2) is 0 Å². The molecule has 0 bridgehead atoms. The Balaban J connectivity index is 1.59. The van der Waals surface area contributed by atoms with Gasteiger partial charge in [0.2, 0.25) is 11.8 Å². The third-order valence-electron chi connectivity index (χ3n) is 5.18. The average Bonchev–Trinajstić information content (AvgIpc) is 3.07. The van der Waals surface area contributed by atoms with Gasteiger partial charge >= 0.3 is 0 Å². The maximum Gasteiger partial charge on any atom is 0.241 e. The molecule has 1 saturated heterocycles. The fourth-order valence-corrected chi connectivity index (χ4v) is 3.66. The van der Waals surface area contributed by atoms with Gasteiger partial charge < -0.3 is 21.1 Å². The summed E-state index contributed by atoms with van der Waals surface area (Å²) in [6.45, 7) is 4.59. The van der Waals surface area contributed by atoms with Crippen molar-refractivity contribution in [1.82, 2.24) is 10.6 Å². The summed E-state index contributed by atoms with van der Waals surface area (Å²) in [5.74, 6) is -0.315. The number of ether oxygens (including phenoxy) is 1. The van der Waals surface area contributed by atoms with Gasteiger partial charge in [0.25, 0.3) is 0 Å². The Morgan fingerprint density at radius 3 is 2.65 bits per heavy atom. The molecule has 2 aliphatic carbocycles. The SMILES string of the molecule is CC1(C)C2OCCC2C1(N)C(=O)NCC(=O)NC1CC1. The van der Waals surface area contributed by atoms with E-state index in [1.165, 1.54) is 0 Å². The Hall–Kier alpha value is -1.14. The lowest BCUT2D eigenvalue weighted by molar-refractivity contribution is -0.175. The van der Waals surface area contributed by atoms with Crippen molar-refractivity contribution in [3.05, 3.63) is 0 Å². The molecule has 1 aliphatic heterocycles. The van der Waals surface area contributed by atoms with Crippen molar-refractivity contribution in [3.63, 3.8) is 0 Å². The van der Waals surface area contributed by atoms with E-state index in [0.717, 1.165) is 19.3 Å². The van der Waals surface area contributed by atoms with Crippen LogP contribution < -0.4 is 16.4 Å². The third-order valence-corrected chi connectivity index (χ3v) is 5.18. The molecule has 3 aliphatic rings. The van der Waals surface area contributed by atoms with E-state index in [9.17, 15) is 9.59 Å². The van der Waals surface area contributed by atoms with E-state index in [1.807, 2.05) is 13.8 Å². The Morgan fingerprint density at radius 1 is 1.30 bits per heavy atom. The van der Waals surface area contributed by atoms with Crippen LogP contribution in [0, 0.1) is 11.3 Å². The van der Waals surface area contributed by atoms with Crippen LogP contribution in [0.2, 0.25) is 0 Å². The minimum absolute atomic E-state index is 0.00259. The van der Waals surface area contributed by atoms with Crippen LogP contribution in [0.4, 0.5) is 0 Å². The van der Waals surface area contributed by atoms with E-state index in [-0.39, 0.29) is 30.4 Å². The van der Waals surface area contributed by atoms with E-state index < -0.39 is 11.0 Å². The number of fused-ring (bicyclic) bond motifs is 1. The number of hydrogen-bond donors (Lipinski definition) is 3. The Morgan fingerprint density at radius 2 is 2.00 bits per heavy atom. The Kier molecular flexibility index (Phi) is 3.06. The number of carbonyl (C=O) groups excluding carboxylic acids is 2. The van der Waals surface area contributed by atoms with Crippen molar-refractivity contribution < 1.29 is 14.3 Å². The molecule has 3 atom stereocenters. The minimum atomic E-state index is -0.936. The summed E-state index contributed by atoms with van der Waals surface area (Å²) < 4.78 is 5.66. The van der Waals surface area contributed by atoms with E-state index >= 15 is 0 Å². The van der Waals surface area contributed by atoms with Crippen LogP contribution in [0.25, 0.3) is 0 Å². The van der Waals surface area contributed by atoms with Crippen LogP contribution in [0.3, 0.4) is 0 Å². The van der Waals surface area contributed by atoms with Crippen molar-refractivity contribution in [2.45, 2.75) is 50.8 Å². The molecule has 0 radical (unpaired) electrons. The predicted octanol–water partition coefficient (Wildman–Crippen LogP) is -0.476. The number of amides is 2. The quantitative estimate of drug-likeness (QED) is 0.649. The van der Waals surface area contributed by atoms with E-state index in [0.29, 0.717) is 12.6 Å². The number of hydrogen-bond acceptors (Lipinski definition) is 4. The molecule has 0 aromatic carbocycles. The zero-order chi connectivity index (χ0) is 14.5. The lowest BCUT2D eigenvalue weighted by Crippen LogP contribution is -2.80. The van der Waals surface area contributed by atoms with Crippen LogP contribution in [0.15, 0.2) is 0 Å². The average molecular weight is 281 g/mol. The summed E-state index contributed by atoms with van der Waals surface area (Å²) in [4.78, 5) is 24.1. The molecule has 3 unspecified atom stereocenters. The fraction of sp³-hybridized carbons (Fsp3) is 0.857. The first kappa shape index (κ1) is 13.8. The monoisotopic (exact) mass is 281 g/mol. The summed E-state index contributed by atoms with van der Waals surface area (Å²) in [7, 11) is 0. The third kappa shape index (κ3) is 1.85. The van der Waals surface area contributed by atoms with Gasteiger partial charge in [-0.15, -0.1) is 0 Å². The molecule has 6 heteroatoms. The van der Waals surface area contributed by atoms with Gasteiger partial charge in [-0.05, 0) is 19.3 Å². The number of carbonyl (C=O) groups is 2. The molecule has 6 nitrogen and oxygen atoms in total. The molecule has 0 spiro atoms. The highest BCUT2D eigenvalue weighted by molar-refractivity contribution is 5.92. The van der Waals surface area contributed by atoms with Crippen molar-refractivity contribution in [2.24, 2.45) is 17.1 Å². The molecule has 3 rings (SSSR count). The zero-order valence-corrected chi connectivity index (χ0v) is 12.1. The van der Waals surface area contributed by atoms with E-state index in [2.05, 4.69) is 10.6 Å². The van der Waals surface area contributed by atoms with Gasteiger partial charge in [-0.2, -0.15) is 0 Å². The van der Waals surface area contributed by atoms with Crippen LogP contribution in [-0.4, -0.2) is 42.7 Å². The van der Waals surface area contributed by atoms with Crippen molar-refractivity contribution in [2.75, 3.05) is 13.2 Å². The molecule has 20 heavy (non-hydrogen) atoms. The normalized spacial score (nSPS) is 37.8. The molecule has 3 fully saturated rings. The van der Waals surface area contributed by atoms with E-state index in [4.69, 9.17) is 10.5 Å². The first-order valence-electron chi connectivity index (χ1n) is 7.35. The number of rotatable bonds is 4. The summed E-state index contributed by atoms with van der Waals surface area (Å²) in [5.41, 5.74) is 5.05. The maximum absolute atomic E-state index is 12.4. The van der Waals surface area contributed by atoms with Gasteiger partial charge in [-0.3, -0.25) is 9.59 Å². The summed E-state index contributed by atoms with van der Waals surface area (Å²) >= 11 is 0.